The number of H-pyrrole nitrogens is 1. The minimum Gasteiger partial charge on any atom is -0.480 e. The summed E-state index contributed by atoms with van der Waals surface area (Å²) in [6.45, 7) is 1.45. The average Bonchev–Trinajstić information content (AvgIpc) is 3.45. The van der Waals surface area contributed by atoms with Crippen LogP contribution in [0, 0.1) is 0 Å². The molecular weight excluding hydrogens is 450 g/mol. The first-order valence-electron chi connectivity index (χ1n) is 10.8. The molecule has 14 nitrogen and oxygen atoms in total. The summed E-state index contributed by atoms with van der Waals surface area (Å²) < 4.78 is 0. The van der Waals surface area contributed by atoms with E-state index in [-0.39, 0.29) is 32.2 Å². The molecule has 2 rings (SSSR count). The van der Waals surface area contributed by atoms with Crippen molar-refractivity contribution < 1.29 is 34.2 Å². The molecular formula is C20H31N7O7. The highest BCUT2D eigenvalue weighted by Gasteiger charge is 2.39. The van der Waals surface area contributed by atoms with Crippen molar-refractivity contribution in [3.05, 3.63) is 18.2 Å². The molecule has 1 fully saturated rings. The van der Waals surface area contributed by atoms with Crippen molar-refractivity contribution in [2.75, 3.05) is 6.54 Å². The Morgan fingerprint density at radius 3 is 2.53 bits per heavy atom. The number of hydrogen-bond acceptors (Lipinski definition) is 8. The van der Waals surface area contributed by atoms with Crippen molar-refractivity contribution in [2.45, 2.75) is 69.3 Å². The summed E-state index contributed by atoms with van der Waals surface area (Å²) in [5.41, 5.74) is 11.6. The van der Waals surface area contributed by atoms with Crippen LogP contribution in [0.3, 0.4) is 0 Å². The normalized spacial score (nSPS) is 19.0. The van der Waals surface area contributed by atoms with Gasteiger partial charge in [0.25, 0.3) is 0 Å². The third kappa shape index (κ3) is 7.25. The van der Waals surface area contributed by atoms with Crippen LogP contribution in [0.25, 0.3) is 0 Å². The van der Waals surface area contributed by atoms with Crippen LogP contribution < -0.4 is 22.1 Å². The predicted molar refractivity (Wildman–Crippen MR) is 117 cm³/mol. The molecule has 1 aliphatic rings. The summed E-state index contributed by atoms with van der Waals surface area (Å²) in [5.74, 6) is -4.20. The molecule has 0 bridgehead atoms. The molecule has 1 aliphatic heterocycles. The Hall–Kier alpha value is -3.52. The lowest BCUT2D eigenvalue weighted by atomic mass is 10.1. The highest BCUT2D eigenvalue weighted by molar-refractivity contribution is 5.94. The second-order valence-corrected chi connectivity index (χ2v) is 8.21. The van der Waals surface area contributed by atoms with Gasteiger partial charge in [-0.15, -0.1) is 0 Å². The van der Waals surface area contributed by atoms with Crippen molar-refractivity contribution in [2.24, 2.45) is 11.5 Å². The first-order valence-corrected chi connectivity index (χ1v) is 10.8. The van der Waals surface area contributed by atoms with Crippen molar-refractivity contribution in [3.8, 4) is 0 Å². The van der Waals surface area contributed by atoms with Gasteiger partial charge in [-0.1, -0.05) is 0 Å². The van der Waals surface area contributed by atoms with E-state index in [1.54, 1.807) is 0 Å². The number of imidazole rings is 1. The molecule has 188 valence electrons. The van der Waals surface area contributed by atoms with E-state index in [0.717, 1.165) is 4.90 Å². The van der Waals surface area contributed by atoms with Gasteiger partial charge in [0.1, 0.15) is 18.1 Å². The number of carboxylic acids is 1. The van der Waals surface area contributed by atoms with E-state index in [4.69, 9.17) is 11.5 Å². The lowest BCUT2D eigenvalue weighted by molar-refractivity contribution is -0.149. The first-order chi connectivity index (χ1) is 16.0. The van der Waals surface area contributed by atoms with Gasteiger partial charge in [-0.25, -0.2) is 9.78 Å². The lowest BCUT2D eigenvalue weighted by Gasteiger charge is -2.29. The van der Waals surface area contributed by atoms with Crippen LogP contribution in [-0.4, -0.2) is 91.5 Å². The first kappa shape index (κ1) is 26.7. The number of carbonyl (C=O) groups is 5. The maximum absolute atomic E-state index is 13.0. The van der Waals surface area contributed by atoms with Crippen LogP contribution in [0.1, 0.15) is 38.3 Å². The molecule has 9 N–H and O–H groups in total. The van der Waals surface area contributed by atoms with Crippen LogP contribution in [0.2, 0.25) is 0 Å². The van der Waals surface area contributed by atoms with E-state index < -0.39 is 59.9 Å². The maximum atomic E-state index is 13.0. The number of nitrogens with one attached hydrogen (secondary N) is 3. The summed E-state index contributed by atoms with van der Waals surface area (Å²) >= 11 is 0. The monoisotopic (exact) mass is 481 g/mol. The zero-order chi connectivity index (χ0) is 25.4. The number of likely N-dealkylation sites (tertiary alicyclic amines) is 1. The SMILES string of the molecule is CC(O)C(NC(=O)C(N)Cc1cnc[nH]1)C(=O)NC(CCC(N)=O)C(=O)N1CCCC1C(=O)O. The molecule has 2 heterocycles. The van der Waals surface area contributed by atoms with E-state index in [2.05, 4.69) is 20.6 Å². The molecule has 0 aromatic carbocycles. The molecule has 4 amide bonds. The van der Waals surface area contributed by atoms with Crippen LogP contribution in [0.5, 0.6) is 0 Å². The third-order valence-electron chi connectivity index (χ3n) is 5.51. The van der Waals surface area contributed by atoms with Crippen LogP contribution in [0.15, 0.2) is 12.5 Å². The Morgan fingerprint density at radius 1 is 1.26 bits per heavy atom. The highest BCUT2D eigenvalue weighted by atomic mass is 16.4. The zero-order valence-electron chi connectivity index (χ0n) is 18.8. The average molecular weight is 482 g/mol. The molecule has 0 saturated carbocycles. The van der Waals surface area contributed by atoms with Crippen molar-refractivity contribution in [3.63, 3.8) is 0 Å². The van der Waals surface area contributed by atoms with Gasteiger partial charge in [0.2, 0.25) is 23.6 Å². The molecule has 5 atom stereocenters. The fourth-order valence-corrected chi connectivity index (χ4v) is 3.68. The fourth-order valence-electron chi connectivity index (χ4n) is 3.68. The summed E-state index contributed by atoms with van der Waals surface area (Å²) in [6.07, 6.45) is 1.97. The quantitative estimate of drug-likeness (QED) is 0.161. The molecule has 1 aromatic rings. The molecule has 14 heteroatoms. The highest BCUT2D eigenvalue weighted by Crippen LogP contribution is 2.19. The molecule has 0 spiro atoms. The number of aliphatic carboxylic acids is 1. The standard InChI is InChI=1S/C20H31N7O7/c1-10(28)16(26-17(30)12(21)7-11-8-23-9-24-11)18(31)25-13(4-5-15(22)29)19(32)27-6-2-3-14(27)20(33)34/h8-10,12-14,16,28H,2-7,21H2,1H3,(H2,22,29)(H,23,24)(H,25,31)(H,26,30)(H,33,34). The Bertz CT molecular complexity index is 890. The number of rotatable bonds is 12. The van der Waals surface area contributed by atoms with E-state index in [0.29, 0.717) is 12.1 Å². The zero-order valence-corrected chi connectivity index (χ0v) is 18.8. The van der Waals surface area contributed by atoms with Gasteiger partial charge in [0, 0.05) is 31.3 Å². The predicted octanol–water partition coefficient (Wildman–Crippen LogP) is -3.03. The second-order valence-electron chi connectivity index (χ2n) is 8.21. The van der Waals surface area contributed by atoms with Crippen molar-refractivity contribution in [1.82, 2.24) is 25.5 Å². The fraction of sp³-hybridized carbons (Fsp3) is 0.600. The number of primary amides is 1. The summed E-state index contributed by atoms with van der Waals surface area (Å²) in [4.78, 5) is 68.9. The molecule has 1 saturated heterocycles. The number of nitrogens with zero attached hydrogens (tertiary/aromatic N) is 2. The minimum absolute atomic E-state index is 0.102. The number of amides is 4. The number of carboxylic acid groups (broad SMARTS) is 1. The number of aliphatic hydroxyl groups is 1. The molecule has 1 aromatic heterocycles. The van der Waals surface area contributed by atoms with Gasteiger partial charge in [-0.2, -0.15) is 0 Å². The van der Waals surface area contributed by atoms with E-state index in [9.17, 15) is 34.2 Å². The number of aliphatic hydroxyl groups excluding tert-OH is 1. The van der Waals surface area contributed by atoms with Crippen molar-refractivity contribution >= 4 is 29.6 Å². The van der Waals surface area contributed by atoms with Gasteiger partial charge in [-0.3, -0.25) is 19.2 Å². The number of nitrogens with two attached hydrogens (primary N) is 2. The van der Waals surface area contributed by atoms with E-state index in [1.165, 1.54) is 19.4 Å². The van der Waals surface area contributed by atoms with Gasteiger partial charge in [0.15, 0.2) is 0 Å². The number of aromatic nitrogens is 2. The topological polar surface area (TPSA) is 234 Å². The van der Waals surface area contributed by atoms with E-state index in [1.807, 2.05) is 0 Å². The maximum Gasteiger partial charge on any atom is 0.326 e. The third-order valence-corrected chi connectivity index (χ3v) is 5.51. The largest absolute Gasteiger partial charge is 0.480 e. The molecule has 34 heavy (non-hydrogen) atoms. The number of aromatic amines is 1. The minimum atomic E-state index is -1.46. The second kappa shape index (κ2) is 12.1. The Labute approximate surface area is 195 Å². The van der Waals surface area contributed by atoms with E-state index >= 15 is 0 Å². The molecule has 0 radical (unpaired) electrons. The Balaban J connectivity index is 2.11. The van der Waals surface area contributed by atoms with Crippen LogP contribution in [0.4, 0.5) is 0 Å². The summed E-state index contributed by atoms with van der Waals surface area (Å²) in [5, 5.41) is 24.2. The Kier molecular flexibility index (Phi) is 9.50. The van der Waals surface area contributed by atoms with Crippen LogP contribution in [-0.2, 0) is 30.4 Å². The molecule has 0 aliphatic carbocycles. The van der Waals surface area contributed by atoms with Gasteiger partial charge in [0.05, 0.1) is 18.5 Å². The summed E-state index contributed by atoms with van der Waals surface area (Å²) in [6, 6.07) is -4.84. The molecule has 5 unspecified atom stereocenters. The Morgan fingerprint density at radius 2 is 1.97 bits per heavy atom. The van der Waals surface area contributed by atoms with Gasteiger partial charge < -0.3 is 42.2 Å². The number of carbonyl (C=O) groups excluding carboxylic acids is 4. The lowest BCUT2D eigenvalue weighted by Crippen LogP contribution is -2.60. The van der Waals surface area contributed by atoms with Crippen molar-refractivity contribution in [1.29, 1.82) is 0 Å². The van der Waals surface area contributed by atoms with Gasteiger partial charge >= 0.3 is 5.97 Å². The smallest absolute Gasteiger partial charge is 0.326 e. The van der Waals surface area contributed by atoms with Crippen LogP contribution >= 0.6 is 0 Å². The van der Waals surface area contributed by atoms with Gasteiger partial charge in [-0.05, 0) is 26.2 Å². The number of hydrogen-bond donors (Lipinski definition) is 7. The summed E-state index contributed by atoms with van der Waals surface area (Å²) in [7, 11) is 0.